The van der Waals surface area contributed by atoms with E-state index in [2.05, 4.69) is 31.3 Å². The summed E-state index contributed by atoms with van der Waals surface area (Å²) < 4.78 is 11.4. The zero-order valence-corrected chi connectivity index (χ0v) is 14.3. The van der Waals surface area contributed by atoms with Crippen LogP contribution in [-0.2, 0) is 17.2 Å². The summed E-state index contributed by atoms with van der Waals surface area (Å²) in [5.41, 5.74) is 2.92. The highest BCUT2D eigenvalue weighted by Crippen LogP contribution is 2.45. The van der Waals surface area contributed by atoms with Gasteiger partial charge in [0.2, 0.25) is 0 Å². The summed E-state index contributed by atoms with van der Waals surface area (Å²) >= 11 is 6.14. The van der Waals surface area contributed by atoms with Gasteiger partial charge < -0.3 is 5.32 Å². The first-order chi connectivity index (χ1) is 9.31. The standard InChI is InChI=1S/C16H24ClNOS/c1-11(20(4)19)7-8-18-15-14-9-13(17)6-5-12(14)10-16(15,2)3/h5-6,9,11,15,18H,7-8,10H2,1-4H3. The fourth-order valence-electron chi connectivity index (χ4n) is 2.99. The van der Waals surface area contributed by atoms with Crippen molar-refractivity contribution in [1.29, 1.82) is 0 Å². The minimum absolute atomic E-state index is 0.196. The zero-order valence-electron chi connectivity index (χ0n) is 12.7. The largest absolute Gasteiger partial charge is 0.309 e. The minimum Gasteiger partial charge on any atom is -0.309 e. The van der Waals surface area contributed by atoms with E-state index < -0.39 is 10.8 Å². The third-order valence-electron chi connectivity index (χ3n) is 4.31. The number of rotatable bonds is 5. The first-order valence-electron chi connectivity index (χ1n) is 7.15. The SMILES string of the molecule is CC(CCNC1c2cc(Cl)ccc2CC1(C)C)S(C)=O. The Morgan fingerprint density at radius 1 is 1.50 bits per heavy atom. The van der Waals surface area contributed by atoms with Gasteiger partial charge in [-0.2, -0.15) is 0 Å². The van der Waals surface area contributed by atoms with Gasteiger partial charge in [-0.1, -0.05) is 38.4 Å². The van der Waals surface area contributed by atoms with Gasteiger partial charge in [-0.3, -0.25) is 4.21 Å². The van der Waals surface area contributed by atoms with Gasteiger partial charge in [-0.05, 0) is 48.1 Å². The Balaban J connectivity index is 2.07. The van der Waals surface area contributed by atoms with Gasteiger partial charge in [0.25, 0.3) is 0 Å². The lowest BCUT2D eigenvalue weighted by Gasteiger charge is -2.29. The summed E-state index contributed by atoms with van der Waals surface area (Å²) in [7, 11) is -0.742. The molecule has 0 heterocycles. The lowest BCUT2D eigenvalue weighted by Crippen LogP contribution is -2.33. The second-order valence-corrected chi connectivity index (χ2v) is 8.73. The molecule has 2 rings (SSSR count). The Morgan fingerprint density at radius 3 is 2.85 bits per heavy atom. The molecule has 1 aromatic rings. The second-order valence-electron chi connectivity index (χ2n) is 6.49. The van der Waals surface area contributed by atoms with Gasteiger partial charge in [0, 0.05) is 33.4 Å². The van der Waals surface area contributed by atoms with Gasteiger partial charge in [-0.25, -0.2) is 0 Å². The summed E-state index contributed by atoms with van der Waals surface area (Å²) in [4.78, 5) is 0. The molecular weight excluding hydrogens is 290 g/mol. The van der Waals surface area contributed by atoms with Crippen molar-refractivity contribution >= 4 is 22.4 Å². The molecule has 1 N–H and O–H groups in total. The molecule has 0 fully saturated rings. The molecule has 0 aliphatic heterocycles. The summed E-state index contributed by atoms with van der Waals surface area (Å²) in [5.74, 6) is 0. The molecule has 2 nitrogen and oxygen atoms in total. The maximum Gasteiger partial charge on any atom is 0.0409 e. The highest BCUT2D eigenvalue weighted by Gasteiger charge is 2.38. The molecule has 20 heavy (non-hydrogen) atoms. The Morgan fingerprint density at radius 2 is 2.20 bits per heavy atom. The van der Waals surface area contributed by atoms with Crippen molar-refractivity contribution in [3.8, 4) is 0 Å². The molecule has 112 valence electrons. The Labute approximate surface area is 129 Å². The molecule has 0 bridgehead atoms. The number of fused-ring (bicyclic) bond motifs is 1. The highest BCUT2D eigenvalue weighted by molar-refractivity contribution is 7.84. The molecule has 1 aliphatic rings. The highest BCUT2D eigenvalue weighted by atomic mass is 35.5. The molecule has 3 atom stereocenters. The quantitative estimate of drug-likeness (QED) is 0.898. The molecule has 0 saturated carbocycles. The summed E-state index contributed by atoms with van der Waals surface area (Å²) in [6.07, 6.45) is 3.79. The lowest BCUT2D eigenvalue weighted by molar-refractivity contribution is 0.269. The molecule has 4 heteroatoms. The monoisotopic (exact) mass is 313 g/mol. The van der Waals surface area contributed by atoms with E-state index in [0.717, 1.165) is 24.4 Å². The van der Waals surface area contributed by atoms with E-state index >= 15 is 0 Å². The van der Waals surface area contributed by atoms with E-state index in [0.29, 0.717) is 6.04 Å². The maximum atomic E-state index is 11.4. The summed E-state index contributed by atoms with van der Waals surface area (Å²) in [5, 5.41) is 4.69. The third-order valence-corrected chi connectivity index (χ3v) is 5.92. The van der Waals surface area contributed by atoms with Crippen LogP contribution in [0.25, 0.3) is 0 Å². The van der Waals surface area contributed by atoms with Crippen LogP contribution in [0.3, 0.4) is 0 Å². The van der Waals surface area contributed by atoms with Crippen molar-refractivity contribution in [3.05, 3.63) is 34.3 Å². The fraction of sp³-hybridized carbons (Fsp3) is 0.625. The van der Waals surface area contributed by atoms with E-state index in [1.807, 2.05) is 13.0 Å². The first kappa shape index (κ1) is 16.0. The smallest absolute Gasteiger partial charge is 0.0409 e. The van der Waals surface area contributed by atoms with Gasteiger partial charge in [0.15, 0.2) is 0 Å². The van der Waals surface area contributed by atoms with Gasteiger partial charge >= 0.3 is 0 Å². The van der Waals surface area contributed by atoms with E-state index in [1.165, 1.54) is 11.1 Å². The van der Waals surface area contributed by atoms with Crippen LogP contribution in [0.5, 0.6) is 0 Å². The fourth-order valence-corrected chi connectivity index (χ4v) is 3.62. The minimum atomic E-state index is -0.742. The topological polar surface area (TPSA) is 29.1 Å². The van der Waals surface area contributed by atoms with Gasteiger partial charge in [0.05, 0.1) is 0 Å². The normalized spacial score (nSPS) is 23.4. The molecule has 1 aliphatic carbocycles. The molecule has 0 radical (unpaired) electrons. The van der Waals surface area contributed by atoms with E-state index in [9.17, 15) is 4.21 Å². The molecule has 0 spiro atoms. The van der Waals surface area contributed by atoms with Crippen molar-refractivity contribution in [3.63, 3.8) is 0 Å². The predicted octanol–water partition coefficient (Wildman–Crippen LogP) is 3.71. The van der Waals surface area contributed by atoms with Crippen LogP contribution >= 0.6 is 11.6 Å². The maximum absolute atomic E-state index is 11.4. The number of hydrogen-bond acceptors (Lipinski definition) is 2. The summed E-state index contributed by atoms with van der Waals surface area (Å²) in [6, 6.07) is 6.53. The third kappa shape index (κ3) is 3.44. The van der Waals surface area contributed by atoms with Crippen LogP contribution in [0.1, 0.15) is 44.4 Å². The Bertz CT molecular complexity index is 515. The number of nitrogens with one attached hydrogen (secondary N) is 1. The van der Waals surface area contributed by atoms with Crippen LogP contribution in [0, 0.1) is 5.41 Å². The number of halogens is 1. The second kappa shape index (κ2) is 6.17. The predicted molar refractivity (Wildman–Crippen MR) is 87.8 cm³/mol. The Kier molecular flexibility index (Phi) is 4.93. The van der Waals surface area contributed by atoms with Crippen LogP contribution in [-0.4, -0.2) is 22.3 Å². The zero-order chi connectivity index (χ0) is 14.9. The van der Waals surface area contributed by atoms with Crippen molar-refractivity contribution in [2.75, 3.05) is 12.8 Å². The first-order valence-corrected chi connectivity index (χ1v) is 9.15. The van der Waals surface area contributed by atoms with Gasteiger partial charge in [-0.15, -0.1) is 0 Å². The van der Waals surface area contributed by atoms with Gasteiger partial charge in [0.1, 0.15) is 0 Å². The Hall–Kier alpha value is -0.380. The van der Waals surface area contributed by atoms with E-state index in [4.69, 9.17) is 11.6 Å². The van der Waals surface area contributed by atoms with Crippen molar-refractivity contribution in [1.82, 2.24) is 5.32 Å². The van der Waals surface area contributed by atoms with E-state index in [1.54, 1.807) is 6.26 Å². The van der Waals surface area contributed by atoms with Crippen LogP contribution < -0.4 is 5.32 Å². The van der Waals surface area contributed by atoms with Crippen molar-refractivity contribution < 1.29 is 4.21 Å². The number of hydrogen-bond donors (Lipinski definition) is 1. The number of benzene rings is 1. The summed E-state index contributed by atoms with van der Waals surface area (Å²) in [6.45, 7) is 7.52. The molecule has 0 amide bonds. The van der Waals surface area contributed by atoms with E-state index in [-0.39, 0.29) is 10.7 Å². The van der Waals surface area contributed by atoms with Crippen LogP contribution in [0.2, 0.25) is 5.02 Å². The van der Waals surface area contributed by atoms with Crippen LogP contribution in [0.4, 0.5) is 0 Å². The van der Waals surface area contributed by atoms with Crippen molar-refractivity contribution in [2.45, 2.75) is 44.9 Å². The molecule has 3 unspecified atom stereocenters. The molecule has 0 saturated heterocycles. The molecule has 0 aromatic heterocycles. The van der Waals surface area contributed by atoms with Crippen LogP contribution in [0.15, 0.2) is 18.2 Å². The average molecular weight is 314 g/mol. The molecular formula is C16H24ClNOS. The average Bonchev–Trinajstić information content (AvgIpc) is 2.60. The lowest BCUT2D eigenvalue weighted by atomic mass is 9.85. The van der Waals surface area contributed by atoms with Crippen molar-refractivity contribution in [2.24, 2.45) is 5.41 Å². The molecule has 1 aromatic carbocycles.